The fraction of sp³-hybridized carbons (Fsp3) is 0.207. The van der Waals surface area contributed by atoms with Gasteiger partial charge in [0.15, 0.2) is 13.2 Å². The van der Waals surface area contributed by atoms with Crippen molar-refractivity contribution in [3.8, 4) is 23.6 Å². The van der Waals surface area contributed by atoms with Crippen LogP contribution in [0.4, 0.5) is 16.2 Å². The first-order valence-electron chi connectivity index (χ1n) is 11.5. The maximum absolute atomic E-state index is 11.9. The van der Waals surface area contributed by atoms with E-state index < -0.39 is 11.7 Å². The Morgan fingerprint density at radius 1 is 0.784 bits per heavy atom. The van der Waals surface area contributed by atoms with Crippen LogP contribution < -0.4 is 20.5 Å². The lowest BCUT2D eigenvalue weighted by molar-refractivity contribution is 0.0636. The highest BCUT2D eigenvalue weighted by atomic mass is 16.6. The van der Waals surface area contributed by atoms with Crippen molar-refractivity contribution < 1.29 is 19.0 Å². The lowest BCUT2D eigenvalue weighted by Crippen LogP contribution is -2.27. The molecule has 0 aromatic heterocycles. The van der Waals surface area contributed by atoms with Crippen LogP contribution in [-0.2, 0) is 4.74 Å². The predicted molar refractivity (Wildman–Crippen MR) is 144 cm³/mol. The number of nitrogens with one attached hydrogen (secondary N) is 1. The third-order valence-electron chi connectivity index (χ3n) is 5.02. The van der Waals surface area contributed by atoms with E-state index in [0.29, 0.717) is 17.2 Å². The second-order valence-corrected chi connectivity index (χ2v) is 8.88. The summed E-state index contributed by atoms with van der Waals surface area (Å²) in [5.41, 5.74) is 6.62. The van der Waals surface area contributed by atoms with Gasteiger partial charge in [0.25, 0.3) is 0 Å². The number of carbonyl (C=O) groups excluding carboxylic acids is 1. The van der Waals surface area contributed by atoms with Gasteiger partial charge in [-0.1, -0.05) is 48.5 Å². The van der Waals surface area contributed by atoms with Crippen LogP contribution in [0.2, 0.25) is 0 Å². The van der Waals surface area contributed by atoms with E-state index in [1.807, 2.05) is 81.4 Å². The van der Waals surface area contributed by atoms with Crippen molar-refractivity contribution in [3.05, 3.63) is 72.8 Å². The number of nitrogens with two attached hydrogens (primary N) is 1. The minimum Gasteiger partial charge on any atom is -0.478 e. The molecule has 8 nitrogen and oxygen atoms in total. The number of hydrogen-bond acceptors (Lipinski definition) is 7. The number of amides is 1. The minimum atomic E-state index is -0.560. The number of ether oxygens (including phenoxy) is 3. The van der Waals surface area contributed by atoms with Crippen LogP contribution in [-0.4, -0.2) is 24.9 Å². The standard InChI is InChI=1S/C17H18N2O3.C12H10N2O/c1-17(2,3)22-16(20)19-14-8-9-15(21-11-10-18)13-7-5-4-6-12(13)14;13-7-8-15-12-6-5-11(14)9-3-1-2-4-10(9)12/h4-9H,11H2,1-3H3,(H,19,20);1-6H,8,14H2. The normalized spacial score (nSPS) is 10.4. The Labute approximate surface area is 215 Å². The van der Waals surface area contributed by atoms with Gasteiger partial charge in [-0.3, -0.25) is 5.32 Å². The van der Waals surface area contributed by atoms with Crippen LogP contribution in [0.25, 0.3) is 21.5 Å². The highest BCUT2D eigenvalue weighted by molar-refractivity contribution is 6.02. The zero-order valence-electron chi connectivity index (χ0n) is 20.9. The van der Waals surface area contributed by atoms with Crippen molar-refractivity contribution in [2.75, 3.05) is 24.3 Å². The zero-order valence-corrected chi connectivity index (χ0v) is 20.9. The molecule has 0 aliphatic carbocycles. The second kappa shape index (κ2) is 12.1. The molecule has 1 amide bonds. The molecule has 37 heavy (non-hydrogen) atoms. The summed E-state index contributed by atoms with van der Waals surface area (Å²) in [6, 6.07) is 26.1. The fourth-order valence-electron chi connectivity index (χ4n) is 3.56. The first-order chi connectivity index (χ1) is 17.7. The highest BCUT2D eigenvalue weighted by Gasteiger charge is 2.17. The molecule has 3 N–H and O–H groups in total. The van der Waals surface area contributed by atoms with Gasteiger partial charge in [-0.15, -0.1) is 0 Å². The molecule has 0 fully saturated rings. The number of hydrogen-bond donors (Lipinski definition) is 2. The van der Waals surface area contributed by atoms with Crippen molar-refractivity contribution in [1.29, 1.82) is 10.5 Å². The molecule has 0 saturated carbocycles. The number of benzene rings is 4. The first kappa shape index (κ1) is 26.7. The quantitative estimate of drug-likeness (QED) is 0.305. The van der Waals surface area contributed by atoms with Gasteiger partial charge in [0.05, 0.1) is 5.69 Å². The first-order valence-corrected chi connectivity index (χ1v) is 11.5. The average molecular weight is 497 g/mol. The molecular weight excluding hydrogens is 468 g/mol. The third-order valence-corrected chi connectivity index (χ3v) is 5.02. The summed E-state index contributed by atoms with van der Waals surface area (Å²) in [4.78, 5) is 11.9. The van der Waals surface area contributed by atoms with Crippen molar-refractivity contribution >= 4 is 39.0 Å². The minimum absolute atomic E-state index is 0.0250. The summed E-state index contributed by atoms with van der Waals surface area (Å²) in [7, 11) is 0. The van der Waals surface area contributed by atoms with E-state index >= 15 is 0 Å². The summed E-state index contributed by atoms with van der Waals surface area (Å²) in [5, 5.41) is 23.4. The Hall–Kier alpha value is -4.95. The number of fused-ring (bicyclic) bond motifs is 2. The van der Waals surface area contributed by atoms with Crippen LogP contribution >= 0.6 is 0 Å². The van der Waals surface area contributed by atoms with Crippen LogP contribution in [0.5, 0.6) is 11.5 Å². The lowest BCUT2D eigenvalue weighted by atomic mass is 10.1. The van der Waals surface area contributed by atoms with Crippen molar-refractivity contribution in [2.24, 2.45) is 0 Å². The summed E-state index contributed by atoms with van der Waals surface area (Å²) in [5.74, 6) is 1.30. The molecule has 4 rings (SSSR count). The van der Waals surface area contributed by atoms with Gasteiger partial charge in [-0.05, 0) is 45.0 Å². The Bertz CT molecular complexity index is 1480. The second-order valence-electron chi connectivity index (χ2n) is 8.88. The van der Waals surface area contributed by atoms with Gasteiger partial charge >= 0.3 is 6.09 Å². The molecule has 0 spiro atoms. The zero-order chi connectivity index (χ0) is 26.8. The van der Waals surface area contributed by atoms with E-state index in [-0.39, 0.29) is 13.2 Å². The van der Waals surface area contributed by atoms with Gasteiger partial charge < -0.3 is 19.9 Å². The van der Waals surface area contributed by atoms with E-state index in [9.17, 15) is 4.79 Å². The summed E-state index contributed by atoms with van der Waals surface area (Å²) < 4.78 is 16.0. The number of nitriles is 2. The third kappa shape index (κ3) is 7.27. The number of nitrogen functional groups attached to an aromatic ring is 1. The smallest absolute Gasteiger partial charge is 0.412 e. The van der Waals surface area contributed by atoms with Crippen LogP contribution in [0.15, 0.2) is 72.8 Å². The molecule has 0 aliphatic rings. The molecule has 0 unspecified atom stereocenters. The van der Waals surface area contributed by atoms with Gasteiger partial charge in [-0.25, -0.2) is 4.79 Å². The van der Waals surface area contributed by atoms with E-state index in [1.54, 1.807) is 24.3 Å². The Kier molecular flexibility index (Phi) is 8.75. The van der Waals surface area contributed by atoms with E-state index in [4.69, 9.17) is 30.5 Å². The topological polar surface area (TPSA) is 130 Å². The van der Waals surface area contributed by atoms with Crippen molar-refractivity contribution in [3.63, 3.8) is 0 Å². The van der Waals surface area contributed by atoms with E-state index in [0.717, 1.165) is 27.2 Å². The molecule has 0 saturated heterocycles. The van der Waals surface area contributed by atoms with E-state index in [2.05, 4.69) is 5.32 Å². The SMILES string of the molecule is CC(C)(C)OC(=O)Nc1ccc(OCC#N)c2ccccc12.N#CCOc1ccc(N)c2ccccc12. The van der Waals surface area contributed by atoms with Gasteiger partial charge in [-0.2, -0.15) is 10.5 Å². The maximum atomic E-state index is 11.9. The fourth-order valence-corrected chi connectivity index (χ4v) is 3.56. The summed E-state index contributed by atoms with van der Waals surface area (Å²) in [6.07, 6.45) is -0.511. The number of nitrogens with zero attached hydrogens (tertiary/aromatic N) is 2. The molecule has 4 aromatic carbocycles. The molecule has 4 aromatic rings. The average Bonchev–Trinajstić information content (AvgIpc) is 2.87. The number of rotatable bonds is 5. The van der Waals surface area contributed by atoms with Crippen LogP contribution in [0.1, 0.15) is 20.8 Å². The number of anilines is 2. The highest BCUT2D eigenvalue weighted by Crippen LogP contribution is 2.32. The van der Waals surface area contributed by atoms with Crippen LogP contribution in [0.3, 0.4) is 0 Å². The molecule has 0 heterocycles. The summed E-state index contributed by atoms with van der Waals surface area (Å²) in [6.45, 7) is 5.45. The Morgan fingerprint density at radius 3 is 1.81 bits per heavy atom. The monoisotopic (exact) mass is 496 g/mol. The molecular formula is C29H28N4O4. The molecule has 188 valence electrons. The van der Waals surface area contributed by atoms with Crippen LogP contribution in [0, 0.1) is 22.7 Å². The largest absolute Gasteiger partial charge is 0.478 e. The Balaban J connectivity index is 0.000000220. The van der Waals surface area contributed by atoms with E-state index in [1.165, 1.54) is 0 Å². The maximum Gasteiger partial charge on any atom is 0.412 e. The van der Waals surface area contributed by atoms with Gasteiger partial charge in [0.2, 0.25) is 0 Å². The molecule has 0 atom stereocenters. The molecule has 0 bridgehead atoms. The summed E-state index contributed by atoms with van der Waals surface area (Å²) >= 11 is 0. The molecule has 0 radical (unpaired) electrons. The lowest BCUT2D eigenvalue weighted by Gasteiger charge is -2.20. The number of carbonyl (C=O) groups is 1. The van der Waals surface area contributed by atoms with Crippen molar-refractivity contribution in [1.82, 2.24) is 0 Å². The van der Waals surface area contributed by atoms with Gasteiger partial charge in [0, 0.05) is 27.2 Å². The Morgan fingerprint density at radius 2 is 1.27 bits per heavy atom. The van der Waals surface area contributed by atoms with Crippen molar-refractivity contribution in [2.45, 2.75) is 26.4 Å². The van der Waals surface area contributed by atoms with Gasteiger partial charge in [0.1, 0.15) is 29.2 Å². The predicted octanol–water partition coefficient (Wildman–Crippen LogP) is 6.41. The molecule has 0 aliphatic heterocycles. The molecule has 8 heteroatoms.